The van der Waals surface area contributed by atoms with Crippen molar-refractivity contribution in [3.8, 4) is 5.75 Å². The highest BCUT2D eigenvalue weighted by atomic mass is 127. The minimum Gasteiger partial charge on any atom is -0.507 e. The van der Waals surface area contributed by atoms with Gasteiger partial charge in [-0.25, -0.2) is 26.9 Å². The van der Waals surface area contributed by atoms with Gasteiger partial charge in [0.05, 0.1) is 17.5 Å². The number of allylic oxidation sites excluding steroid dienone is 2. The van der Waals surface area contributed by atoms with Crippen molar-refractivity contribution in [1.82, 2.24) is 0 Å². The summed E-state index contributed by atoms with van der Waals surface area (Å²) in [4.78, 5) is 52.3. The maximum atomic E-state index is 15.3. The number of alkyl halides is 2. The molecule has 0 radical (unpaired) electrons. The molecule has 4 amide bonds. The molecule has 3 fully saturated rings. The molecule has 4 aliphatic rings. The third-order valence-electron chi connectivity index (χ3n) is 10.5. The fraction of sp³-hybridized carbons (Fsp3) is 0.222. The van der Waals surface area contributed by atoms with Gasteiger partial charge in [-0.3, -0.25) is 24.1 Å². The van der Waals surface area contributed by atoms with Crippen molar-refractivity contribution >= 4 is 91.6 Å². The highest BCUT2D eigenvalue weighted by Gasteiger charge is 2.77. The predicted molar refractivity (Wildman–Crippen MR) is 184 cm³/mol. The first-order chi connectivity index (χ1) is 24.1. The SMILES string of the molecule is O=C1C2CC=C3C(CC4(Cl)C(=O)N(c5c(F)c(F)c(F)c(F)c5F)C(=O)C4(Cl)C3c3ccc4ccccc4c3O)C2C(=O)N1c1ccc(I)cc1. The van der Waals surface area contributed by atoms with Crippen LogP contribution in [0.1, 0.15) is 24.3 Å². The lowest BCUT2D eigenvalue weighted by molar-refractivity contribution is -0.125. The van der Waals surface area contributed by atoms with Gasteiger partial charge in [-0.15, -0.1) is 23.2 Å². The van der Waals surface area contributed by atoms with Crippen LogP contribution in [0.4, 0.5) is 33.3 Å². The smallest absolute Gasteiger partial charge is 0.258 e. The summed E-state index contributed by atoms with van der Waals surface area (Å²) in [6, 6.07) is 16.2. The van der Waals surface area contributed by atoms with E-state index in [1.165, 1.54) is 6.07 Å². The molecule has 4 aromatic rings. The number of hydrogen-bond acceptors (Lipinski definition) is 5. The van der Waals surface area contributed by atoms with Gasteiger partial charge in [0, 0.05) is 20.4 Å². The minimum absolute atomic E-state index is 0.0292. The molecule has 0 bridgehead atoms. The van der Waals surface area contributed by atoms with E-state index in [4.69, 9.17) is 23.2 Å². The summed E-state index contributed by atoms with van der Waals surface area (Å²) in [5.41, 5.74) is -1.41. The normalized spacial score (nSPS) is 28.7. The third-order valence-corrected chi connectivity index (χ3v) is 12.7. The summed E-state index contributed by atoms with van der Waals surface area (Å²) in [6.07, 6.45) is 0.900. The minimum atomic E-state index is -2.75. The second-order valence-corrected chi connectivity index (χ2v) is 15.4. The van der Waals surface area contributed by atoms with E-state index in [9.17, 15) is 37.5 Å². The van der Waals surface area contributed by atoms with E-state index >= 15 is 8.78 Å². The molecule has 51 heavy (non-hydrogen) atoms. The Kier molecular flexibility index (Phi) is 7.65. The molecule has 0 spiro atoms. The lowest BCUT2D eigenvalue weighted by Gasteiger charge is -2.50. The van der Waals surface area contributed by atoms with Gasteiger partial charge in [0.1, 0.15) is 11.4 Å². The number of benzene rings is 4. The van der Waals surface area contributed by atoms with E-state index < -0.39 is 104 Å². The fourth-order valence-electron chi connectivity index (χ4n) is 8.26. The highest BCUT2D eigenvalue weighted by molar-refractivity contribution is 14.1. The van der Waals surface area contributed by atoms with Crippen LogP contribution in [-0.2, 0) is 19.2 Å². The molecular weight excluding hydrogens is 833 g/mol. The number of phenols is 1. The van der Waals surface area contributed by atoms with Crippen molar-refractivity contribution in [1.29, 1.82) is 0 Å². The zero-order chi connectivity index (χ0) is 36.5. The Balaban J connectivity index is 1.35. The van der Waals surface area contributed by atoms with Crippen molar-refractivity contribution in [2.75, 3.05) is 9.80 Å². The average Bonchev–Trinajstić information content (AvgIpc) is 3.45. The second kappa shape index (κ2) is 11.5. The van der Waals surface area contributed by atoms with Crippen LogP contribution < -0.4 is 9.80 Å². The van der Waals surface area contributed by atoms with Crippen LogP contribution in [0, 0.1) is 50.4 Å². The van der Waals surface area contributed by atoms with Gasteiger partial charge in [0.2, 0.25) is 17.6 Å². The van der Waals surface area contributed by atoms with Gasteiger partial charge < -0.3 is 5.11 Å². The molecule has 2 aliphatic heterocycles. The second-order valence-electron chi connectivity index (χ2n) is 12.9. The fourth-order valence-corrected chi connectivity index (χ4v) is 9.55. The quantitative estimate of drug-likeness (QED) is 0.0436. The number of hydrogen-bond donors (Lipinski definition) is 1. The van der Waals surface area contributed by atoms with Crippen LogP contribution in [0.25, 0.3) is 10.8 Å². The zero-order valence-corrected chi connectivity index (χ0v) is 29.2. The van der Waals surface area contributed by atoms with Crippen molar-refractivity contribution in [2.45, 2.75) is 28.5 Å². The lowest BCUT2D eigenvalue weighted by Crippen LogP contribution is -2.60. The molecule has 4 aromatic carbocycles. The maximum absolute atomic E-state index is 15.3. The Labute approximate surface area is 308 Å². The number of halogens is 8. The number of phenolic OH excluding ortho intramolecular Hbond substituents is 1. The molecule has 6 atom stereocenters. The van der Waals surface area contributed by atoms with Crippen molar-refractivity contribution < 1.29 is 46.2 Å². The third kappa shape index (κ3) is 4.34. The molecule has 2 aliphatic carbocycles. The standard InChI is InChI=1S/C36H20Cl2F5IN2O5/c37-35-13-21-18(11-12-19-22(21)32(49)45(31(19)48)16-8-6-15(44)7-9-16)23(20-10-5-14-3-1-2-4-17(14)30(20)47)36(35,38)34(51)46(33(35)50)29-27(42)25(40)24(39)26(41)28(29)43/h1-11,19,21-23,47H,12-13H2. The lowest BCUT2D eigenvalue weighted by atomic mass is 9.56. The summed E-state index contributed by atoms with van der Waals surface area (Å²) in [5.74, 6) is -21.9. The van der Waals surface area contributed by atoms with Gasteiger partial charge >= 0.3 is 0 Å². The first-order valence-electron chi connectivity index (χ1n) is 15.5. The summed E-state index contributed by atoms with van der Waals surface area (Å²) in [7, 11) is 0. The Morgan fingerprint density at radius 3 is 2.04 bits per heavy atom. The molecule has 7 nitrogen and oxygen atoms in total. The number of amides is 4. The van der Waals surface area contributed by atoms with Crippen LogP contribution in [0.15, 0.2) is 72.3 Å². The van der Waals surface area contributed by atoms with Gasteiger partial charge in [-0.1, -0.05) is 48.0 Å². The average molecular weight is 853 g/mol. The predicted octanol–water partition coefficient (Wildman–Crippen LogP) is 7.61. The van der Waals surface area contributed by atoms with Crippen LogP contribution in [-0.4, -0.2) is 38.5 Å². The van der Waals surface area contributed by atoms with E-state index in [1.807, 2.05) is 0 Å². The van der Waals surface area contributed by atoms with E-state index in [-0.39, 0.29) is 33.5 Å². The Morgan fingerprint density at radius 2 is 1.37 bits per heavy atom. The van der Waals surface area contributed by atoms with Crippen molar-refractivity contribution in [2.24, 2.45) is 17.8 Å². The van der Waals surface area contributed by atoms with Gasteiger partial charge in [0.25, 0.3) is 11.8 Å². The van der Waals surface area contributed by atoms with E-state index in [0.717, 1.165) is 8.47 Å². The number of imide groups is 2. The Hall–Kier alpha value is -4.08. The van der Waals surface area contributed by atoms with Gasteiger partial charge in [0.15, 0.2) is 33.0 Å². The van der Waals surface area contributed by atoms with Crippen LogP contribution in [0.5, 0.6) is 5.75 Å². The van der Waals surface area contributed by atoms with Crippen LogP contribution in [0.3, 0.4) is 0 Å². The molecule has 8 rings (SSSR count). The Bertz CT molecular complexity index is 2300. The molecule has 2 saturated heterocycles. The van der Waals surface area contributed by atoms with E-state index in [2.05, 4.69) is 22.6 Å². The zero-order valence-electron chi connectivity index (χ0n) is 25.6. The largest absolute Gasteiger partial charge is 0.507 e. The highest BCUT2D eigenvalue weighted by Crippen LogP contribution is 2.67. The molecule has 6 unspecified atom stereocenters. The molecule has 2 heterocycles. The number of fused-ring (bicyclic) bond motifs is 5. The molecule has 0 aromatic heterocycles. The van der Waals surface area contributed by atoms with E-state index in [1.54, 1.807) is 60.7 Å². The molecule has 1 saturated carbocycles. The number of rotatable bonds is 3. The molecule has 260 valence electrons. The summed E-state index contributed by atoms with van der Waals surface area (Å²) in [5, 5.41) is 12.6. The number of nitrogens with zero attached hydrogens (tertiary/aromatic N) is 2. The summed E-state index contributed by atoms with van der Waals surface area (Å²) in [6.45, 7) is 0. The monoisotopic (exact) mass is 852 g/mol. The van der Waals surface area contributed by atoms with Crippen LogP contribution in [0.2, 0.25) is 0 Å². The maximum Gasteiger partial charge on any atom is 0.258 e. The summed E-state index contributed by atoms with van der Waals surface area (Å²) < 4.78 is 74.5. The topological polar surface area (TPSA) is 95.0 Å². The Morgan fingerprint density at radius 1 is 0.745 bits per heavy atom. The molecule has 1 N–H and O–H groups in total. The number of carbonyl (C=O) groups excluding carboxylic acids is 4. The summed E-state index contributed by atoms with van der Waals surface area (Å²) >= 11 is 16.4. The number of carbonyl (C=O) groups is 4. The van der Waals surface area contributed by atoms with Crippen molar-refractivity contribution in [3.05, 3.63) is 111 Å². The first kappa shape index (κ1) is 34.0. The number of aromatic hydroxyl groups is 1. The molecular formula is C36H20Cl2F5IN2O5. The number of anilines is 2. The molecule has 15 heteroatoms. The van der Waals surface area contributed by atoms with E-state index in [0.29, 0.717) is 5.39 Å². The van der Waals surface area contributed by atoms with Gasteiger partial charge in [-0.2, -0.15) is 0 Å². The van der Waals surface area contributed by atoms with Crippen LogP contribution >= 0.6 is 45.8 Å². The van der Waals surface area contributed by atoms with Crippen molar-refractivity contribution in [3.63, 3.8) is 0 Å². The first-order valence-corrected chi connectivity index (χ1v) is 17.3. The van der Waals surface area contributed by atoms with Gasteiger partial charge in [-0.05, 0) is 71.0 Å².